The monoisotopic (exact) mass is 1330 g/mol. The average molecular weight is 1340 g/mol. The second-order valence-corrected chi connectivity index (χ2v) is 21.6. The number of benzene rings is 2. The minimum Gasteiger partial charge on any atom is -0.480 e. The van der Waals surface area contributed by atoms with Crippen LogP contribution in [0, 0.1) is 25.5 Å². The maximum Gasteiger partial charge on any atom is 0.411 e. The Labute approximate surface area is 532 Å². The first-order chi connectivity index (χ1) is 45.0. The Morgan fingerprint density at radius 1 is 0.632 bits per heavy atom. The van der Waals surface area contributed by atoms with Crippen LogP contribution in [0.5, 0.6) is 0 Å². The minimum absolute atomic E-state index is 0.00101. The molecule has 2 aromatic carbocycles. The SMILES string of the molecule is CCO.CCOC(=O)[C@H](Cc1ccc(-n2c(=O)c3ccncc3n(C)c2=O)nc1)NC(=O)c1c(C)cc(N2CCOC[C@@H]2C(F)(F)F)cc1F.Cc1cc(N2CCOC[C@@H]2C(F)(F)F)cc(F)c1C(=O)N[C@@H](Cc1ccc(-n2c(=O)c3ccncc3n(C)c2=O)nc1)C(=O)O. The first-order valence-electron chi connectivity index (χ1n) is 29.1. The van der Waals surface area contributed by atoms with Crippen molar-refractivity contribution in [3.05, 3.63) is 185 Å². The number of halogens is 8. The number of aliphatic hydroxyl groups excluding tert-OH is 1. The van der Waals surface area contributed by atoms with Crippen molar-refractivity contribution in [2.75, 3.05) is 62.5 Å². The van der Waals surface area contributed by atoms with Crippen LogP contribution in [0.4, 0.5) is 46.5 Å². The number of carboxylic acid groups (broad SMARTS) is 1. The van der Waals surface area contributed by atoms with Crippen LogP contribution in [0.25, 0.3) is 33.4 Å². The summed E-state index contributed by atoms with van der Waals surface area (Å²) in [6, 6.07) is 5.93. The third-order valence-corrected chi connectivity index (χ3v) is 15.3. The maximum absolute atomic E-state index is 15.4. The third kappa shape index (κ3) is 15.7. The summed E-state index contributed by atoms with van der Waals surface area (Å²) < 4.78 is 131. The quantitative estimate of drug-likeness (QED) is 0.0797. The number of carbonyl (C=O) groups excluding carboxylic acids is 3. The Morgan fingerprint density at radius 2 is 1.03 bits per heavy atom. The van der Waals surface area contributed by atoms with E-state index in [0.29, 0.717) is 22.2 Å². The van der Waals surface area contributed by atoms with Gasteiger partial charge in [-0.2, -0.15) is 26.3 Å². The molecule has 2 saturated heterocycles. The number of carboxylic acids is 1. The van der Waals surface area contributed by atoms with E-state index in [1.54, 1.807) is 13.8 Å². The summed E-state index contributed by atoms with van der Waals surface area (Å²) in [6.07, 6.45) is -1.56. The molecule has 2 aliphatic heterocycles. The lowest BCUT2D eigenvalue weighted by Gasteiger charge is -2.38. The molecule has 0 aliphatic carbocycles. The van der Waals surface area contributed by atoms with Gasteiger partial charge in [0.1, 0.15) is 47.4 Å². The molecule has 6 aromatic heterocycles. The summed E-state index contributed by atoms with van der Waals surface area (Å²) in [5.74, 6) is -6.54. The normalized spacial score (nSPS) is 15.6. The van der Waals surface area contributed by atoms with Crippen LogP contribution in [0.15, 0.2) is 117 Å². The number of amides is 2. The van der Waals surface area contributed by atoms with Crippen molar-refractivity contribution in [1.82, 2.24) is 48.8 Å². The first-order valence-corrected chi connectivity index (χ1v) is 29.1. The van der Waals surface area contributed by atoms with Crippen molar-refractivity contribution < 1.29 is 78.7 Å². The Kier molecular flexibility index (Phi) is 22.1. The summed E-state index contributed by atoms with van der Waals surface area (Å²) in [6.45, 7) is 4.67. The average Bonchev–Trinajstić information content (AvgIpc) is 0.783. The number of carbonyl (C=O) groups is 4. The molecular weight excluding hydrogens is 1270 g/mol. The highest BCUT2D eigenvalue weighted by Crippen LogP contribution is 2.35. The number of pyridine rings is 4. The molecule has 2 fully saturated rings. The van der Waals surface area contributed by atoms with E-state index in [0.717, 1.165) is 31.1 Å². The van der Waals surface area contributed by atoms with E-state index in [1.165, 1.54) is 123 Å². The van der Waals surface area contributed by atoms with Gasteiger partial charge in [0.05, 0.1) is 78.4 Å². The zero-order valence-corrected chi connectivity index (χ0v) is 51.5. The van der Waals surface area contributed by atoms with Crippen molar-refractivity contribution in [2.24, 2.45) is 14.1 Å². The van der Waals surface area contributed by atoms with Crippen LogP contribution < -0.4 is 42.9 Å². The topological polar surface area (TPSA) is 307 Å². The third-order valence-electron chi connectivity index (χ3n) is 15.3. The van der Waals surface area contributed by atoms with E-state index in [9.17, 15) is 69.8 Å². The van der Waals surface area contributed by atoms with Crippen LogP contribution >= 0.6 is 0 Å². The molecule has 4 atom stereocenters. The summed E-state index contributed by atoms with van der Waals surface area (Å²) >= 11 is 0. The number of morpholine rings is 2. The van der Waals surface area contributed by atoms with Crippen LogP contribution in [-0.2, 0) is 50.7 Å². The summed E-state index contributed by atoms with van der Waals surface area (Å²) in [7, 11) is 2.96. The van der Waals surface area contributed by atoms with Gasteiger partial charge < -0.3 is 44.9 Å². The smallest absolute Gasteiger partial charge is 0.411 e. The summed E-state index contributed by atoms with van der Waals surface area (Å²) in [5.41, 5.74) is -2.25. The molecule has 504 valence electrons. The Balaban J connectivity index is 0.000000234. The van der Waals surface area contributed by atoms with Crippen molar-refractivity contribution in [3.8, 4) is 11.6 Å². The van der Waals surface area contributed by atoms with Crippen LogP contribution in [0.2, 0.25) is 0 Å². The molecule has 2 amide bonds. The molecule has 10 rings (SSSR count). The van der Waals surface area contributed by atoms with E-state index in [-0.39, 0.29) is 97.3 Å². The zero-order chi connectivity index (χ0) is 69.4. The highest BCUT2D eigenvalue weighted by Gasteiger charge is 2.47. The molecule has 0 radical (unpaired) electrons. The number of aliphatic carboxylic acids is 1. The number of aromatic nitrogens is 8. The molecule has 33 heteroatoms. The van der Waals surface area contributed by atoms with Gasteiger partial charge in [0.25, 0.3) is 22.9 Å². The summed E-state index contributed by atoms with van der Waals surface area (Å²) in [5, 5.41) is 22.5. The number of aliphatic hydroxyl groups is 1. The second-order valence-electron chi connectivity index (χ2n) is 21.6. The molecule has 8 aromatic rings. The highest BCUT2D eigenvalue weighted by atomic mass is 19.4. The first kappa shape index (κ1) is 70.6. The fourth-order valence-electron chi connectivity index (χ4n) is 10.6. The van der Waals surface area contributed by atoms with Crippen molar-refractivity contribution in [1.29, 1.82) is 0 Å². The van der Waals surface area contributed by atoms with Gasteiger partial charge in [0, 0.05) is 82.8 Å². The maximum atomic E-state index is 15.4. The lowest BCUT2D eigenvalue weighted by atomic mass is 10.0. The Hall–Kier alpha value is -10.3. The Bertz CT molecular complexity index is 4380. The molecule has 4 N–H and O–H groups in total. The van der Waals surface area contributed by atoms with E-state index in [2.05, 4.69) is 30.6 Å². The summed E-state index contributed by atoms with van der Waals surface area (Å²) in [4.78, 5) is 121. The lowest BCUT2D eigenvalue weighted by molar-refractivity contribution is -0.167. The van der Waals surface area contributed by atoms with Crippen LogP contribution in [0.1, 0.15) is 56.8 Å². The van der Waals surface area contributed by atoms with E-state index < -0.39 is 119 Å². The van der Waals surface area contributed by atoms with Gasteiger partial charge >= 0.3 is 35.7 Å². The van der Waals surface area contributed by atoms with Crippen LogP contribution in [0.3, 0.4) is 0 Å². The minimum atomic E-state index is -4.64. The van der Waals surface area contributed by atoms with E-state index in [4.69, 9.17) is 19.3 Å². The van der Waals surface area contributed by atoms with Gasteiger partial charge in [-0.15, -0.1) is 0 Å². The molecule has 0 saturated carbocycles. The number of hydrogen-bond donors (Lipinski definition) is 4. The molecule has 0 unspecified atom stereocenters. The number of esters is 1. The van der Waals surface area contributed by atoms with Gasteiger partial charge in [0.15, 0.2) is 0 Å². The number of aryl methyl sites for hydroxylation is 4. The number of fused-ring (bicyclic) bond motifs is 2. The number of nitrogens with one attached hydrogen (secondary N) is 2. The van der Waals surface area contributed by atoms with Gasteiger partial charge in [-0.05, 0) is 98.5 Å². The second kappa shape index (κ2) is 29.8. The predicted octanol–water partition coefficient (Wildman–Crippen LogP) is 4.72. The largest absolute Gasteiger partial charge is 0.480 e. The highest BCUT2D eigenvalue weighted by molar-refractivity contribution is 5.99. The fraction of sp³-hybridized carbons (Fsp3) is 0.355. The molecule has 0 spiro atoms. The van der Waals surface area contributed by atoms with Gasteiger partial charge in [-0.25, -0.2) is 47.1 Å². The Morgan fingerprint density at radius 3 is 1.39 bits per heavy atom. The van der Waals surface area contributed by atoms with Gasteiger partial charge in [-0.3, -0.25) is 38.3 Å². The number of rotatable bonds is 15. The molecule has 2 aliphatic rings. The number of ether oxygens (including phenoxy) is 3. The zero-order valence-electron chi connectivity index (χ0n) is 51.5. The van der Waals surface area contributed by atoms with Gasteiger partial charge in [0.2, 0.25) is 0 Å². The number of anilines is 2. The van der Waals surface area contributed by atoms with Crippen molar-refractivity contribution in [2.45, 2.75) is 77.1 Å². The number of alkyl halides is 6. The molecule has 25 nitrogen and oxygen atoms in total. The standard InChI is InChI=1S/C31H30F4N6O6.C29H26F4N6O6.C2H6O/c1-4-47-29(44)22(12-18-5-6-25(37-14-18)41-28(43)20-7-8-36-15-23(20)39(3)30(41)45)38-27(42)26-17(2)11-19(13-21(26)32)40-9-10-46-16-24(40)31(33,34)35;1-15-9-17(38-7-8-45-14-22(38)29(31,32)33)11-19(30)24(15)25(40)36-20(27(42)43)10-16-3-4-23(35-12-16)39-26(41)18-5-6-34-13-21(18)37(2)28(39)44;1-2-3/h5-8,11,13-15,22,24H,4,9-10,12,16H2,1-3H3,(H,38,42);3-6,9,11-13,20,22H,7-8,10,14H2,1-2H3,(H,36,40)(H,42,43);3H,2H2,1H3/t22-,24+;20-,22+;/m00./s1. The lowest BCUT2D eigenvalue weighted by Crippen LogP contribution is -2.53. The molecular formula is C62H62F8N12O13. The number of hydrogen-bond acceptors (Lipinski definition) is 18. The molecule has 0 bridgehead atoms. The fourth-order valence-corrected chi connectivity index (χ4v) is 10.6. The van der Waals surface area contributed by atoms with E-state index >= 15 is 8.78 Å². The van der Waals surface area contributed by atoms with Crippen molar-refractivity contribution in [3.63, 3.8) is 0 Å². The molecule has 95 heavy (non-hydrogen) atoms. The van der Waals surface area contributed by atoms with Crippen molar-refractivity contribution >= 4 is 56.9 Å². The van der Waals surface area contributed by atoms with E-state index in [1.807, 2.05) is 0 Å². The number of nitrogens with zero attached hydrogens (tertiary/aromatic N) is 10. The van der Waals surface area contributed by atoms with Crippen LogP contribution in [-0.4, -0.2) is 161 Å². The van der Waals surface area contributed by atoms with Gasteiger partial charge in [-0.1, -0.05) is 12.1 Å². The predicted molar refractivity (Wildman–Crippen MR) is 326 cm³/mol. The molecule has 8 heterocycles.